The van der Waals surface area contributed by atoms with Crippen LogP contribution in [0.5, 0.6) is 0 Å². The summed E-state index contributed by atoms with van der Waals surface area (Å²) in [5.41, 5.74) is 2.13. The van der Waals surface area contributed by atoms with Crippen LogP contribution in [-0.4, -0.2) is 6.47 Å². The summed E-state index contributed by atoms with van der Waals surface area (Å²) in [4.78, 5) is 10.7. The average Bonchev–Trinajstić information content (AvgIpc) is 2.80. The molecular formula is C17H10O2. The molecule has 0 heterocycles. The highest BCUT2D eigenvalue weighted by Gasteiger charge is 2.20. The van der Waals surface area contributed by atoms with E-state index < -0.39 is 0 Å². The highest BCUT2D eigenvalue weighted by molar-refractivity contribution is 6.17. The standard InChI is InChI=1S/C17H10O2/c18-10-19-15-9-13-6-3-5-12-8-11-4-1-2-7-14(11)17(15)16(12)13/h1-10H. The Hall–Kier alpha value is -2.61. The predicted octanol–water partition coefficient (Wildman–Crippen LogP) is 3.98. The van der Waals surface area contributed by atoms with Crippen molar-refractivity contribution >= 4 is 39.9 Å². The molecule has 1 aliphatic carbocycles. The fourth-order valence-corrected chi connectivity index (χ4v) is 2.88. The van der Waals surface area contributed by atoms with Gasteiger partial charge in [0.25, 0.3) is 6.47 Å². The van der Waals surface area contributed by atoms with E-state index in [4.69, 9.17) is 4.74 Å². The molecule has 3 aromatic rings. The van der Waals surface area contributed by atoms with Gasteiger partial charge in [-0.15, -0.1) is 0 Å². The normalized spacial score (nSPS) is 12.7. The van der Waals surface area contributed by atoms with Gasteiger partial charge < -0.3 is 4.74 Å². The summed E-state index contributed by atoms with van der Waals surface area (Å²) in [5.74, 6) is 0.637. The van der Waals surface area contributed by atoms with Crippen LogP contribution in [0.4, 0.5) is 0 Å². The maximum Gasteiger partial charge on any atom is 0.298 e. The van der Waals surface area contributed by atoms with Crippen LogP contribution in [0.2, 0.25) is 0 Å². The Bertz CT molecular complexity index is 860. The summed E-state index contributed by atoms with van der Waals surface area (Å²) >= 11 is 0. The van der Waals surface area contributed by atoms with Crippen LogP contribution in [0.3, 0.4) is 0 Å². The maximum atomic E-state index is 10.7. The maximum absolute atomic E-state index is 10.7. The molecule has 0 saturated heterocycles. The van der Waals surface area contributed by atoms with Gasteiger partial charge in [-0.2, -0.15) is 0 Å². The predicted molar refractivity (Wildman–Crippen MR) is 76.5 cm³/mol. The van der Waals surface area contributed by atoms with E-state index in [9.17, 15) is 4.79 Å². The smallest absolute Gasteiger partial charge is 0.298 e. The van der Waals surface area contributed by atoms with Gasteiger partial charge in [0.15, 0.2) is 0 Å². The van der Waals surface area contributed by atoms with E-state index in [2.05, 4.69) is 24.3 Å². The summed E-state index contributed by atoms with van der Waals surface area (Å²) < 4.78 is 5.16. The highest BCUT2D eigenvalue weighted by atomic mass is 16.5. The van der Waals surface area contributed by atoms with Crippen molar-refractivity contribution in [2.24, 2.45) is 0 Å². The van der Waals surface area contributed by atoms with Crippen LogP contribution >= 0.6 is 0 Å². The molecule has 0 amide bonds. The molecule has 0 radical (unpaired) electrons. The zero-order valence-electron chi connectivity index (χ0n) is 10.1. The first-order valence-corrected chi connectivity index (χ1v) is 6.15. The van der Waals surface area contributed by atoms with Crippen molar-refractivity contribution in [2.45, 2.75) is 0 Å². The van der Waals surface area contributed by atoms with Gasteiger partial charge in [-0.1, -0.05) is 42.5 Å². The summed E-state index contributed by atoms with van der Waals surface area (Å²) in [7, 11) is 0. The fourth-order valence-electron chi connectivity index (χ4n) is 2.88. The number of ether oxygens (including phenoxy) is 1. The lowest BCUT2D eigenvalue weighted by Crippen LogP contribution is -1.89. The van der Waals surface area contributed by atoms with Gasteiger partial charge in [0, 0.05) is 10.9 Å². The van der Waals surface area contributed by atoms with Crippen molar-refractivity contribution in [2.75, 3.05) is 0 Å². The molecular weight excluding hydrogens is 236 g/mol. The van der Waals surface area contributed by atoms with Gasteiger partial charge in [-0.05, 0) is 33.9 Å². The third-order valence-electron chi connectivity index (χ3n) is 3.63. The Morgan fingerprint density at radius 1 is 0.947 bits per heavy atom. The molecule has 2 heteroatoms. The van der Waals surface area contributed by atoms with E-state index in [1.807, 2.05) is 30.3 Å². The third kappa shape index (κ3) is 1.34. The van der Waals surface area contributed by atoms with Crippen LogP contribution in [0.1, 0.15) is 11.1 Å². The minimum absolute atomic E-state index is 0.491. The van der Waals surface area contributed by atoms with E-state index in [1.54, 1.807) is 0 Å². The molecule has 0 unspecified atom stereocenters. The lowest BCUT2D eigenvalue weighted by molar-refractivity contribution is -0.122. The Kier molecular flexibility index (Phi) is 2.00. The summed E-state index contributed by atoms with van der Waals surface area (Å²) in [6.45, 7) is 0.491. The van der Waals surface area contributed by atoms with Crippen LogP contribution in [-0.2, 0) is 9.53 Å². The van der Waals surface area contributed by atoms with Crippen molar-refractivity contribution in [1.29, 1.82) is 0 Å². The van der Waals surface area contributed by atoms with E-state index in [0.717, 1.165) is 27.3 Å². The van der Waals surface area contributed by atoms with Crippen molar-refractivity contribution in [1.82, 2.24) is 0 Å². The zero-order valence-corrected chi connectivity index (χ0v) is 10.1. The first-order chi connectivity index (χ1) is 9.38. The van der Waals surface area contributed by atoms with Crippen LogP contribution < -0.4 is 0 Å². The molecule has 0 fully saturated rings. The molecule has 0 aliphatic heterocycles. The van der Waals surface area contributed by atoms with Crippen LogP contribution in [0, 0.1) is 0 Å². The molecule has 0 spiro atoms. The SMILES string of the molecule is O=COC1=Cc2cccc3cc4ccccc4c1c23. The molecule has 0 aromatic heterocycles. The number of carbonyl (C=O) groups is 1. The molecule has 19 heavy (non-hydrogen) atoms. The highest BCUT2D eigenvalue weighted by Crippen LogP contribution is 2.41. The number of fused-ring (bicyclic) bond motifs is 2. The van der Waals surface area contributed by atoms with E-state index in [-0.39, 0.29) is 0 Å². The minimum atomic E-state index is 0.491. The number of hydrogen-bond acceptors (Lipinski definition) is 2. The second kappa shape index (κ2) is 3.69. The molecule has 3 aromatic carbocycles. The fraction of sp³-hybridized carbons (Fsp3) is 0. The number of benzene rings is 3. The van der Waals surface area contributed by atoms with E-state index in [1.165, 1.54) is 5.39 Å². The Balaban J connectivity index is 2.23. The quantitative estimate of drug-likeness (QED) is 0.505. The van der Waals surface area contributed by atoms with E-state index in [0.29, 0.717) is 12.2 Å². The van der Waals surface area contributed by atoms with Crippen molar-refractivity contribution < 1.29 is 9.53 Å². The second-order valence-electron chi connectivity index (χ2n) is 4.64. The summed E-state index contributed by atoms with van der Waals surface area (Å²) in [5, 5.41) is 4.61. The minimum Gasteiger partial charge on any atom is -0.428 e. The van der Waals surface area contributed by atoms with Crippen molar-refractivity contribution in [3.05, 3.63) is 59.7 Å². The molecule has 0 atom stereocenters. The third-order valence-corrected chi connectivity index (χ3v) is 3.63. The van der Waals surface area contributed by atoms with Crippen molar-refractivity contribution in [3.8, 4) is 0 Å². The molecule has 0 bridgehead atoms. The largest absolute Gasteiger partial charge is 0.428 e. The van der Waals surface area contributed by atoms with Gasteiger partial charge in [0.1, 0.15) is 5.76 Å². The first kappa shape index (κ1) is 10.3. The van der Waals surface area contributed by atoms with Gasteiger partial charge in [0.2, 0.25) is 0 Å². The number of carbonyl (C=O) groups excluding carboxylic acids is 1. The molecule has 0 saturated carbocycles. The average molecular weight is 246 g/mol. The van der Waals surface area contributed by atoms with Gasteiger partial charge in [-0.3, -0.25) is 4.79 Å². The topological polar surface area (TPSA) is 26.3 Å². The molecule has 90 valence electrons. The lowest BCUT2D eigenvalue weighted by Gasteiger charge is -2.09. The van der Waals surface area contributed by atoms with E-state index >= 15 is 0 Å². The monoisotopic (exact) mass is 246 g/mol. The van der Waals surface area contributed by atoms with Crippen molar-refractivity contribution in [3.63, 3.8) is 0 Å². The van der Waals surface area contributed by atoms with Crippen LogP contribution in [0.15, 0.2) is 48.5 Å². The van der Waals surface area contributed by atoms with Gasteiger partial charge in [0.05, 0.1) is 0 Å². The second-order valence-corrected chi connectivity index (χ2v) is 4.64. The summed E-state index contributed by atoms with van der Waals surface area (Å²) in [6.07, 6.45) is 1.93. The number of hydrogen-bond donors (Lipinski definition) is 0. The molecule has 4 rings (SSSR count). The molecule has 1 aliphatic rings. The van der Waals surface area contributed by atoms with Crippen LogP contribution in [0.25, 0.3) is 33.4 Å². The van der Waals surface area contributed by atoms with Gasteiger partial charge in [-0.25, -0.2) is 0 Å². The first-order valence-electron chi connectivity index (χ1n) is 6.15. The summed E-state index contributed by atoms with van der Waals surface area (Å²) in [6, 6.07) is 16.5. The lowest BCUT2D eigenvalue weighted by atomic mass is 9.97. The van der Waals surface area contributed by atoms with Gasteiger partial charge >= 0.3 is 0 Å². The molecule has 2 nitrogen and oxygen atoms in total. The number of rotatable bonds is 2. The Morgan fingerprint density at radius 2 is 1.79 bits per heavy atom. The Labute approximate surface area is 109 Å². The molecule has 0 N–H and O–H groups in total. The zero-order chi connectivity index (χ0) is 12.8. The Morgan fingerprint density at radius 3 is 2.68 bits per heavy atom.